The highest BCUT2D eigenvalue weighted by molar-refractivity contribution is 6.29. The first kappa shape index (κ1) is 18.3. The Hall–Kier alpha value is -1.70. The van der Waals surface area contributed by atoms with Crippen LogP contribution in [0.3, 0.4) is 0 Å². The van der Waals surface area contributed by atoms with Crippen molar-refractivity contribution in [2.24, 2.45) is 10.7 Å². The second kappa shape index (κ2) is 10.1. The van der Waals surface area contributed by atoms with Crippen molar-refractivity contribution in [3.63, 3.8) is 0 Å². The van der Waals surface area contributed by atoms with Gasteiger partial charge in [-0.05, 0) is 12.8 Å². The van der Waals surface area contributed by atoms with Crippen molar-refractivity contribution in [2.45, 2.75) is 25.2 Å². The molecule has 1 amide bonds. The van der Waals surface area contributed by atoms with E-state index in [1.165, 1.54) is 6.21 Å². The lowest BCUT2D eigenvalue weighted by Gasteiger charge is -2.14. The predicted molar refractivity (Wildman–Crippen MR) is 72.2 cm³/mol. The van der Waals surface area contributed by atoms with Gasteiger partial charge in [0.05, 0.1) is 19.8 Å². The lowest BCUT2D eigenvalue weighted by atomic mass is 10.2. The standard InChI is InChI=1S/C12H19F3N4O/c13-5-1-3-10(17)8-18-6-2-4-12(14,15)9-19-11(20)7-16/h2,6,8,17H,1,3-5,7,9,16H2,(H,19,20)/b6-2+,17-10?,18-8?. The molecule has 20 heavy (non-hydrogen) atoms. The van der Waals surface area contributed by atoms with Crippen LogP contribution in [0.1, 0.15) is 19.3 Å². The van der Waals surface area contributed by atoms with Crippen LogP contribution in [0.2, 0.25) is 0 Å². The van der Waals surface area contributed by atoms with Gasteiger partial charge in [-0.25, -0.2) is 8.78 Å². The molecule has 0 aromatic rings. The van der Waals surface area contributed by atoms with Crippen molar-refractivity contribution in [2.75, 3.05) is 19.8 Å². The highest BCUT2D eigenvalue weighted by Gasteiger charge is 2.27. The Bertz CT molecular complexity index is 370. The Morgan fingerprint density at radius 2 is 2.15 bits per heavy atom. The lowest BCUT2D eigenvalue weighted by molar-refractivity contribution is -0.121. The van der Waals surface area contributed by atoms with Crippen LogP contribution in [0.15, 0.2) is 17.3 Å². The predicted octanol–water partition coefficient (Wildman–Crippen LogP) is 1.44. The third kappa shape index (κ3) is 10.2. The molecular formula is C12H19F3N4O. The maximum absolute atomic E-state index is 13.2. The van der Waals surface area contributed by atoms with E-state index in [9.17, 15) is 18.0 Å². The molecule has 0 aromatic carbocycles. The van der Waals surface area contributed by atoms with Crippen molar-refractivity contribution in [1.82, 2.24) is 5.32 Å². The second-order valence-corrected chi connectivity index (χ2v) is 4.02. The number of allylic oxidation sites excluding steroid dienone is 1. The highest BCUT2D eigenvalue weighted by Crippen LogP contribution is 2.17. The molecular weight excluding hydrogens is 273 g/mol. The van der Waals surface area contributed by atoms with Gasteiger partial charge in [0.15, 0.2) is 0 Å². The summed E-state index contributed by atoms with van der Waals surface area (Å²) in [5.41, 5.74) is 5.10. The average Bonchev–Trinajstić information content (AvgIpc) is 2.42. The number of nitrogens with two attached hydrogens (primary N) is 1. The third-order valence-corrected chi connectivity index (χ3v) is 2.15. The summed E-state index contributed by atoms with van der Waals surface area (Å²) in [5, 5.41) is 9.33. The van der Waals surface area contributed by atoms with E-state index < -0.39 is 31.5 Å². The van der Waals surface area contributed by atoms with E-state index in [0.29, 0.717) is 0 Å². The molecule has 0 unspecified atom stereocenters. The van der Waals surface area contributed by atoms with Crippen LogP contribution in [0.25, 0.3) is 0 Å². The number of nitrogens with one attached hydrogen (secondary N) is 2. The second-order valence-electron chi connectivity index (χ2n) is 4.02. The number of rotatable bonds is 10. The maximum atomic E-state index is 13.2. The van der Waals surface area contributed by atoms with Crippen molar-refractivity contribution >= 4 is 17.8 Å². The Balaban J connectivity index is 4.00. The Labute approximate surface area is 115 Å². The summed E-state index contributed by atoms with van der Waals surface area (Å²) in [6, 6.07) is 0. The van der Waals surface area contributed by atoms with Crippen LogP contribution >= 0.6 is 0 Å². The van der Waals surface area contributed by atoms with Gasteiger partial charge < -0.3 is 16.5 Å². The van der Waals surface area contributed by atoms with Crippen LogP contribution in [-0.4, -0.2) is 43.5 Å². The third-order valence-electron chi connectivity index (χ3n) is 2.15. The zero-order chi connectivity index (χ0) is 15.4. The van der Waals surface area contributed by atoms with Gasteiger partial charge in [-0.3, -0.25) is 14.2 Å². The van der Waals surface area contributed by atoms with Crippen LogP contribution in [0.5, 0.6) is 0 Å². The van der Waals surface area contributed by atoms with Crippen LogP contribution in [0.4, 0.5) is 13.2 Å². The summed E-state index contributed by atoms with van der Waals surface area (Å²) in [6.45, 7) is -1.63. The number of halogens is 3. The van der Waals surface area contributed by atoms with Crippen LogP contribution in [0, 0.1) is 5.41 Å². The summed E-state index contributed by atoms with van der Waals surface area (Å²) in [6.07, 6.45) is 3.37. The first-order valence-corrected chi connectivity index (χ1v) is 6.07. The van der Waals surface area contributed by atoms with Gasteiger partial charge in [0.25, 0.3) is 5.92 Å². The molecule has 0 fully saturated rings. The maximum Gasteiger partial charge on any atom is 0.268 e. The molecule has 0 atom stereocenters. The number of carbonyl (C=O) groups excluding carboxylic acids is 1. The molecule has 0 aliphatic rings. The Morgan fingerprint density at radius 3 is 2.75 bits per heavy atom. The van der Waals surface area contributed by atoms with Gasteiger partial charge in [0.2, 0.25) is 5.91 Å². The topological polar surface area (TPSA) is 91.3 Å². The average molecular weight is 292 g/mol. The summed E-state index contributed by atoms with van der Waals surface area (Å²) < 4.78 is 38.3. The van der Waals surface area contributed by atoms with Crippen molar-refractivity contribution in [3.8, 4) is 0 Å². The van der Waals surface area contributed by atoms with Crippen molar-refractivity contribution in [3.05, 3.63) is 12.3 Å². The first-order chi connectivity index (χ1) is 9.41. The molecule has 8 heteroatoms. The molecule has 114 valence electrons. The minimum atomic E-state index is -3.08. The van der Waals surface area contributed by atoms with E-state index in [1.807, 2.05) is 5.32 Å². The normalized spacial score (nSPS) is 12.2. The van der Waals surface area contributed by atoms with Gasteiger partial charge >= 0.3 is 0 Å². The summed E-state index contributed by atoms with van der Waals surface area (Å²) in [7, 11) is 0. The molecule has 4 N–H and O–H groups in total. The van der Waals surface area contributed by atoms with Crippen LogP contribution in [-0.2, 0) is 4.79 Å². The van der Waals surface area contributed by atoms with E-state index in [4.69, 9.17) is 11.1 Å². The fourth-order valence-corrected chi connectivity index (χ4v) is 1.11. The minimum absolute atomic E-state index is 0.134. The molecule has 5 nitrogen and oxygen atoms in total. The fraction of sp³-hybridized carbons (Fsp3) is 0.583. The number of hydrogen-bond donors (Lipinski definition) is 3. The van der Waals surface area contributed by atoms with E-state index in [0.717, 1.165) is 12.3 Å². The number of nitrogens with zero attached hydrogens (tertiary/aromatic N) is 1. The zero-order valence-corrected chi connectivity index (χ0v) is 11.0. The molecule has 0 rings (SSSR count). The SMILES string of the molecule is N=C(C=N/C=C/CC(F)(F)CNC(=O)CN)CCCF. The molecule has 0 bridgehead atoms. The van der Waals surface area contributed by atoms with Crippen LogP contribution < -0.4 is 11.1 Å². The largest absolute Gasteiger partial charge is 0.349 e. The number of carbonyl (C=O) groups is 1. The Kier molecular flexibility index (Phi) is 9.27. The number of alkyl halides is 3. The molecule has 0 spiro atoms. The molecule has 0 aromatic heterocycles. The summed E-state index contributed by atoms with van der Waals surface area (Å²) in [5.74, 6) is -3.73. The van der Waals surface area contributed by atoms with E-state index >= 15 is 0 Å². The smallest absolute Gasteiger partial charge is 0.268 e. The molecule has 0 saturated carbocycles. The highest BCUT2D eigenvalue weighted by atomic mass is 19.3. The van der Waals surface area contributed by atoms with E-state index in [-0.39, 0.29) is 25.1 Å². The first-order valence-electron chi connectivity index (χ1n) is 6.07. The Morgan fingerprint density at radius 1 is 1.45 bits per heavy atom. The summed E-state index contributed by atoms with van der Waals surface area (Å²) in [4.78, 5) is 14.4. The van der Waals surface area contributed by atoms with Crippen molar-refractivity contribution in [1.29, 1.82) is 5.41 Å². The van der Waals surface area contributed by atoms with E-state index in [1.54, 1.807) is 0 Å². The van der Waals surface area contributed by atoms with Crippen molar-refractivity contribution < 1.29 is 18.0 Å². The molecule has 0 aliphatic heterocycles. The zero-order valence-electron chi connectivity index (χ0n) is 11.0. The van der Waals surface area contributed by atoms with Gasteiger partial charge in [0.1, 0.15) is 0 Å². The van der Waals surface area contributed by atoms with E-state index in [2.05, 4.69) is 4.99 Å². The lowest BCUT2D eigenvalue weighted by Crippen LogP contribution is -2.39. The minimum Gasteiger partial charge on any atom is -0.349 e. The van der Waals surface area contributed by atoms with Gasteiger partial charge in [-0.1, -0.05) is 6.08 Å². The molecule has 0 saturated heterocycles. The number of hydrogen-bond acceptors (Lipinski definition) is 4. The monoisotopic (exact) mass is 292 g/mol. The summed E-state index contributed by atoms with van der Waals surface area (Å²) >= 11 is 0. The molecule has 0 heterocycles. The molecule has 0 radical (unpaired) electrons. The van der Waals surface area contributed by atoms with Gasteiger partial charge in [0, 0.05) is 24.5 Å². The van der Waals surface area contributed by atoms with Gasteiger partial charge in [-0.15, -0.1) is 0 Å². The fourth-order valence-electron chi connectivity index (χ4n) is 1.11. The number of aliphatic imine (C=N–C) groups is 1. The quantitative estimate of drug-likeness (QED) is 0.532. The number of amides is 1. The van der Waals surface area contributed by atoms with Gasteiger partial charge in [-0.2, -0.15) is 0 Å². The molecule has 0 aliphatic carbocycles.